The molecule has 0 spiro atoms. The highest BCUT2D eigenvalue weighted by molar-refractivity contribution is 7.92. The molecule has 0 bridgehead atoms. The molecule has 1 aliphatic rings. The van der Waals surface area contributed by atoms with Gasteiger partial charge in [0.1, 0.15) is 0 Å². The van der Waals surface area contributed by atoms with Gasteiger partial charge in [-0.05, 0) is 43.5 Å². The fourth-order valence-corrected chi connectivity index (χ4v) is 4.16. The van der Waals surface area contributed by atoms with Gasteiger partial charge in [0.15, 0.2) is 9.84 Å². The molecule has 110 valence electrons. The first kappa shape index (κ1) is 14.8. The molecule has 6 nitrogen and oxygen atoms in total. The second kappa shape index (κ2) is 5.80. The highest BCUT2D eigenvalue weighted by Gasteiger charge is 2.31. The van der Waals surface area contributed by atoms with Crippen molar-refractivity contribution >= 4 is 21.4 Å². The van der Waals surface area contributed by atoms with Crippen LogP contribution in [-0.4, -0.2) is 31.9 Å². The summed E-state index contributed by atoms with van der Waals surface area (Å²) < 4.78 is 23.4. The van der Waals surface area contributed by atoms with Crippen LogP contribution in [0.25, 0.3) is 0 Å². The van der Waals surface area contributed by atoms with Crippen molar-refractivity contribution in [2.24, 2.45) is 5.84 Å². The van der Waals surface area contributed by atoms with Gasteiger partial charge in [-0.25, -0.2) is 8.42 Å². The van der Waals surface area contributed by atoms with Crippen LogP contribution < -0.4 is 16.6 Å². The van der Waals surface area contributed by atoms with Gasteiger partial charge in [0.2, 0.25) is 0 Å². The van der Waals surface area contributed by atoms with Crippen molar-refractivity contribution in [3.05, 3.63) is 29.3 Å². The molecular formula is C13H19N3O3S. The van der Waals surface area contributed by atoms with Crippen molar-refractivity contribution in [3.63, 3.8) is 0 Å². The van der Waals surface area contributed by atoms with Gasteiger partial charge in [-0.3, -0.25) is 10.6 Å². The van der Waals surface area contributed by atoms with Crippen LogP contribution >= 0.6 is 0 Å². The average Bonchev–Trinajstić information content (AvgIpc) is 2.74. The van der Waals surface area contributed by atoms with E-state index in [2.05, 4.69) is 10.7 Å². The number of nitrogen functional groups attached to an aromatic ring is 1. The molecule has 1 atom stereocenters. The maximum absolute atomic E-state index is 12.1. The lowest BCUT2D eigenvalue weighted by Gasteiger charge is -2.12. The monoisotopic (exact) mass is 297 g/mol. The Morgan fingerprint density at radius 1 is 1.45 bits per heavy atom. The summed E-state index contributed by atoms with van der Waals surface area (Å²) in [5, 5.41) is 2.26. The molecule has 1 amide bonds. The van der Waals surface area contributed by atoms with Gasteiger partial charge in [-0.1, -0.05) is 0 Å². The number of hydrogen-bond donors (Lipinski definition) is 3. The van der Waals surface area contributed by atoms with Crippen molar-refractivity contribution in [2.45, 2.75) is 25.0 Å². The lowest BCUT2D eigenvalue weighted by atomic mass is 10.1. The zero-order valence-electron chi connectivity index (χ0n) is 11.3. The summed E-state index contributed by atoms with van der Waals surface area (Å²) in [6, 6.07) is 5.14. The number of rotatable bonds is 4. The fourth-order valence-electron chi connectivity index (χ4n) is 2.40. The number of anilines is 1. The molecule has 1 heterocycles. The number of carbonyl (C=O) groups is 1. The third kappa shape index (κ3) is 3.10. The summed E-state index contributed by atoms with van der Waals surface area (Å²) in [6.45, 7) is 1.99. The van der Waals surface area contributed by atoms with Crippen LogP contribution in [0.1, 0.15) is 28.8 Å². The predicted octanol–water partition coefficient (Wildman–Crippen LogP) is 0.588. The van der Waals surface area contributed by atoms with Gasteiger partial charge in [-0.2, -0.15) is 0 Å². The molecule has 1 saturated heterocycles. The quantitative estimate of drug-likeness (QED) is 0.557. The zero-order valence-corrected chi connectivity index (χ0v) is 12.2. The summed E-state index contributed by atoms with van der Waals surface area (Å²) in [5.74, 6) is 5.27. The van der Waals surface area contributed by atoms with Crippen LogP contribution in [0.3, 0.4) is 0 Å². The molecule has 1 unspecified atom stereocenters. The molecule has 7 heteroatoms. The Morgan fingerprint density at radius 3 is 2.75 bits per heavy atom. The average molecular weight is 297 g/mol. The Kier molecular flexibility index (Phi) is 4.29. The van der Waals surface area contributed by atoms with Crippen molar-refractivity contribution in [1.82, 2.24) is 5.32 Å². The minimum Gasteiger partial charge on any atom is -0.351 e. The first-order chi connectivity index (χ1) is 9.44. The van der Waals surface area contributed by atoms with Crippen molar-refractivity contribution in [1.29, 1.82) is 0 Å². The molecule has 0 saturated carbocycles. The van der Waals surface area contributed by atoms with E-state index in [0.29, 0.717) is 18.4 Å². The SMILES string of the molecule is Cc1cc(NN)ccc1C(=O)NCC1CCCS1(=O)=O. The second-order valence-electron chi connectivity index (χ2n) is 5.02. The number of carbonyl (C=O) groups excluding carboxylic acids is 1. The Bertz CT molecular complexity index is 613. The Balaban J connectivity index is 2.02. The Labute approximate surface area is 118 Å². The van der Waals surface area contributed by atoms with E-state index in [1.807, 2.05) is 6.92 Å². The maximum Gasteiger partial charge on any atom is 0.251 e. The normalized spacial score (nSPS) is 20.6. The Morgan fingerprint density at radius 2 is 2.20 bits per heavy atom. The summed E-state index contributed by atoms with van der Waals surface area (Å²) >= 11 is 0. The number of nitrogens with two attached hydrogens (primary N) is 1. The van der Waals surface area contributed by atoms with Crippen LogP contribution in [0.4, 0.5) is 5.69 Å². The largest absolute Gasteiger partial charge is 0.351 e. The van der Waals surface area contributed by atoms with E-state index in [-0.39, 0.29) is 18.2 Å². The summed E-state index contributed by atoms with van der Waals surface area (Å²) in [4.78, 5) is 12.1. The van der Waals surface area contributed by atoms with Crippen LogP contribution in [0.5, 0.6) is 0 Å². The van der Waals surface area contributed by atoms with Gasteiger partial charge >= 0.3 is 0 Å². The zero-order chi connectivity index (χ0) is 14.8. The lowest BCUT2D eigenvalue weighted by Crippen LogP contribution is -2.34. The van der Waals surface area contributed by atoms with Gasteiger partial charge in [0.05, 0.1) is 11.0 Å². The smallest absolute Gasteiger partial charge is 0.251 e. The highest BCUT2D eigenvalue weighted by atomic mass is 32.2. The first-order valence-corrected chi connectivity index (χ1v) is 8.22. The van der Waals surface area contributed by atoms with E-state index in [9.17, 15) is 13.2 Å². The first-order valence-electron chi connectivity index (χ1n) is 6.51. The maximum atomic E-state index is 12.1. The number of aryl methyl sites for hydroxylation is 1. The van der Waals surface area contributed by atoms with Crippen molar-refractivity contribution in [3.8, 4) is 0 Å². The summed E-state index contributed by atoms with van der Waals surface area (Å²) in [5.41, 5.74) is 4.54. The van der Waals surface area contributed by atoms with Gasteiger partial charge in [0, 0.05) is 17.8 Å². The van der Waals surface area contributed by atoms with E-state index in [4.69, 9.17) is 5.84 Å². The molecule has 20 heavy (non-hydrogen) atoms. The van der Waals surface area contributed by atoms with Crippen LogP contribution in [0, 0.1) is 6.92 Å². The van der Waals surface area contributed by atoms with E-state index in [0.717, 1.165) is 11.3 Å². The second-order valence-corrected chi connectivity index (χ2v) is 7.42. The van der Waals surface area contributed by atoms with E-state index < -0.39 is 15.1 Å². The van der Waals surface area contributed by atoms with Gasteiger partial charge in [-0.15, -0.1) is 0 Å². The molecular weight excluding hydrogens is 278 g/mol. The highest BCUT2D eigenvalue weighted by Crippen LogP contribution is 2.19. The number of nitrogens with one attached hydrogen (secondary N) is 2. The predicted molar refractivity (Wildman–Crippen MR) is 78.1 cm³/mol. The van der Waals surface area contributed by atoms with E-state index >= 15 is 0 Å². The molecule has 1 aromatic rings. The molecule has 0 aromatic heterocycles. The fraction of sp³-hybridized carbons (Fsp3) is 0.462. The molecule has 0 radical (unpaired) electrons. The minimum atomic E-state index is -3.03. The molecule has 4 N–H and O–H groups in total. The third-order valence-corrected chi connectivity index (χ3v) is 5.87. The number of hydrazine groups is 1. The molecule has 2 rings (SSSR count). The molecule has 0 aliphatic carbocycles. The Hall–Kier alpha value is -1.60. The van der Waals surface area contributed by atoms with Crippen LogP contribution in [0.15, 0.2) is 18.2 Å². The number of amides is 1. The third-order valence-electron chi connectivity index (χ3n) is 3.59. The lowest BCUT2D eigenvalue weighted by molar-refractivity contribution is 0.0953. The molecule has 1 aromatic carbocycles. The van der Waals surface area contributed by atoms with Crippen molar-refractivity contribution in [2.75, 3.05) is 17.7 Å². The summed E-state index contributed by atoms with van der Waals surface area (Å²) in [7, 11) is -3.03. The molecule has 1 fully saturated rings. The van der Waals surface area contributed by atoms with Gasteiger partial charge in [0.25, 0.3) is 5.91 Å². The number of benzene rings is 1. The summed E-state index contributed by atoms with van der Waals surface area (Å²) in [6.07, 6.45) is 1.30. The topological polar surface area (TPSA) is 101 Å². The number of sulfone groups is 1. The standard InChI is InChI=1S/C13H19N3O3S/c1-9-7-10(16-14)4-5-12(9)13(17)15-8-11-3-2-6-20(11,18)19/h4-5,7,11,16H,2-3,6,8,14H2,1H3,(H,15,17). The van der Waals surface area contributed by atoms with Crippen LogP contribution in [0.2, 0.25) is 0 Å². The van der Waals surface area contributed by atoms with Crippen LogP contribution in [-0.2, 0) is 9.84 Å². The van der Waals surface area contributed by atoms with E-state index in [1.165, 1.54) is 0 Å². The van der Waals surface area contributed by atoms with E-state index in [1.54, 1.807) is 18.2 Å². The van der Waals surface area contributed by atoms with Crippen molar-refractivity contribution < 1.29 is 13.2 Å². The molecule has 1 aliphatic heterocycles. The minimum absolute atomic E-state index is 0.178. The number of hydrogen-bond acceptors (Lipinski definition) is 5. The van der Waals surface area contributed by atoms with Gasteiger partial charge < -0.3 is 10.7 Å².